The summed E-state index contributed by atoms with van der Waals surface area (Å²) < 4.78 is 0. The van der Waals surface area contributed by atoms with Gasteiger partial charge in [-0.2, -0.15) is 0 Å². The highest BCUT2D eigenvalue weighted by molar-refractivity contribution is 4.59. The van der Waals surface area contributed by atoms with Gasteiger partial charge in [0.1, 0.15) is 0 Å². The highest BCUT2D eigenvalue weighted by Crippen LogP contribution is 1.95. The number of likely N-dealkylation sites (N-methyl/N-ethyl adjacent to an activating group) is 2. The van der Waals surface area contributed by atoms with Crippen molar-refractivity contribution in [2.45, 2.75) is 34.1 Å². The molecule has 0 aromatic rings. The second-order valence-electron chi connectivity index (χ2n) is 3.92. The Balaban J connectivity index is 3.73. The number of nitrogens with one attached hydrogen (secondary N) is 1. The standard InChI is InChI=1S/C12H29N3/c1-5-10-14(7-3)12-15(8-4)11-9-13-6-2/h13H,5-12H2,1-4H3. The van der Waals surface area contributed by atoms with Gasteiger partial charge in [-0.05, 0) is 32.6 Å². The summed E-state index contributed by atoms with van der Waals surface area (Å²) in [6, 6.07) is 0. The van der Waals surface area contributed by atoms with Gasteiger partial charge in [0.05, 0.1) is 6.67 Å². The van der Waals surface area contributed by atoms with E-state index < -0.39 is 0 Å². The van der Waals surface area contributed by atoms with Crippen molar-refractivity contribution >= 4 is 0 Å². The largest absolute Gasteiger partial charge is 0.316 e. The van der Waals surface area contributed by atoms with Crippen LogP contribution in [0.15, 0.2) is 0 Å². The van der Waals surface area contributed by atoms with Crippen molar-refractivity contribution in [3.8, 4) is 0 Å². The van der Waals surface area contributed by atoms with Crippen LogP contribution in [0.5, 0.6) is 0 Å². The summed E-state index contributed by atoms with van der Waals surface area (Å²) in [6.07, 6.45) is 1.25. The van der Waals surface area contributed by atoms with Gasteiger partial charge in [0.2, 0.25) is 0 Å². The molecule has 1 N–H and O–H groups in total. The van der Waals surface area contributed by atoms with Crippen molar-refractivity contribution in [1.82, 2.24) is 15.1 Å². The maximum Gasteiger partial charge on any atom is 0.0506 e. The smallest absolute Gasteiger partial charge is 0.0506 e. The zero-order chi connectivity index (χ0) is 11.5. The van der Waals surface area contributed by atoms with Gasteiger partial charge in [-0.3, -0.25) is 9.80 Å². The van der Waals surface area contributed by atoms with Gasteiger partial charge in [0.15, 0.2) is 0 Å². The fourth-order valence-corrected chi connectivity index (χ4v) is 1.67. The molecule has 3 nitrogen and oxygen atoms in total. The molecule has 0 atom stereocenters. The van der Waals surface area contributed by atoms with Crippen LogP contribution in [0.3, 0.4) is 0 Å². The predicted octanol–water partition coefficient (Wildman–Crippen LogP) is 1.61. The third-order valence-electron chi connectivity index (χ3n) is 2.69. The minimum atomic E-state index is 1.07. The molecule has 0 bridgehead atoms. The Hall–Kier alpha value is -0.120. The highest BCUT2D eigenvalue weighted by Gasteiger charge is 2.06. The van der Waals surface area contributed by atoms with E-state index in [9.17, 15) is 0 Å². The Morgan fingerprint density at radius 2 is 1.47 bits per heavy atom. The van der Waals surface area contributed by atoms with Gasteiger partial charge >= 0.3 is 0 Å². The summed E-state index contributed by atoms with van der Waals surface area (Å²) in [5.41, 5.74) is 0. The van der Waals surface area contributed by atoms with Gasteiger partial charge < -0.3 is 5.32 Å². The number of rotatable bonds is 10. The van der Waals surface area contributed by atoms with E-state index in [0.717, 1.165) is 39.4 Å². The van der Waals surface area contributed by atoms with Crippen LogP contribution in [0, 0.1) is 0 Å². The van der Waals surface area contributed by atoms with Crippen LogP contribution >= 0.6 is 0 Å². The third kappa shape index (κ3) is 7.77. The quantitative estimate of drug-likeness (QED) is 0.441. The number of hydrogen-bond donors (Lipinski definition) is 1. The van der Waals surface area contributed by atoms with E-state index in [1.165, 1.54) is 13.0 Å². The van der Waals surface area contributed by atoms with E-state index in [1.54, 1.807) is 0 Å². The Labute approximate surface area is 95.8 Å². The van der Waals surface area contributed by atoms with E-state index in [1.807, 2.05) is 0 Å². The van der Waals surface area contributed by atoms with Crippen LogP contribution in [0.4, 0.5) is 0 Å². The van der Waals surface area contributed by atoms with E-state index >= 15 is 0 Å². The molecule has 0 amide bonds. The molecular formula is C12H29N3. The van der Waals surface area contributed by atoms with Crippen molar-refractivity contribution in [2.75, 3.05) is 45.9 Å². The maximum atomic E-state index is 3.38. The lowest BCUT2D eigenvalue weighted by Gasteiger charge is -2.28. The van der Waals surface area contributed by atoms with Crippen LogP contribution in [-0.2, 0) is 0 Å². The van der Waals surface area contributed by atoms with E-state index in [-0.39, 0.29) is 0 Å². The normalized spacial score (nSPS) is 11.6. The molecule has 0 radical (unpaired) electrons. The van der Waals surface area contributed by atoms with Crippen molar-refractivity contribution in [3.05, 3.63) is 0 Å². The Morgan fingerprint density at radius 1 is 0.867 bits per heavy atom. The first-order valence-corrected chi connectivity index (χ1v) is 6.43. The molecule has 0 heterocycles. The van der Waals surface area contributed by atoms with Gasteiger partial charge in [-0.15, -0.1) is 0 Å². The summed E-state index contributed by atoms with van der Waals surface area (Å²) in [5, 5.41) is 3.38. The summed E-state index contributed by atoms with van der Waals surface area (Å²) >= 11 is 0. The molecule has 0 aromatic heterocycles. The molecule has 0 aliphatic rings. The molecule has 92 valence electrons. The lowest BCUT2D eigenvalue weighted by atomic mass is 10.4. The van der Waals surface area contributed by atoms with Crippen LogP contribution < -0.4 is 5.32 Å². The van der Waals surface area contributed by atoms with Gasteiger partial charge in [0.25, 0.3) is 0 Å². The molecule has 0 saturated carbocycles. The predicted molar refractivity (Wildman–Crippen MR) is 68.2 cm³/mol. The molecule has 0 unspecified atom stereocenters. The zero-order valence-electron chi connectivity index (χ0n) is 11.1. The Morgan fingerprint density at radius 3 is 1.93 bits per heavy atom. The first-order valence-electron chi connectivity index (χ1n) is 6.43. The van der Waals surface area contributed by atoms with Crippen LogP contribution in [-0.4, -0.2) is 55.7 Å². The van der Waals surface area contributed by atoms with Gasteiger partial charge in [-0.25, -0.2) is 0 Å². The first-order chi connectivity index (χ1) is 7.28. The Bertz CT molecular complexity index is 128. The summed E-state index contributed by atoms with van der Waals surface area (Å²) in [4.78, 5) is 5.01. The molecule has 3 heteroatoms. The van der Waals surface area contributed by atoms with Crippen molar-refractivity contribution in [2.24, 2.45) is 0 Å². The number of nitrogens with zero attached hydrogens (tertiary/aromatic N) is 2. The average Bonchev–Trinajstić information content (AvgIpc) is 2.26. The fraction of sp³-hybridized carbons (Fsp3) is 1.00. The molecule has 15 heavy (non-hydrogen) atoms. The fourth-order valence-electron chi connectivity index (χ4n) is 1.67. The minimum Gasteiger partial charge on any atom is -0.316 e. The number of hydrogen-bond acceptors (Lipinski definition) is 3. The SMILES string of the molecule is CCCN(CC)CN(CC)CCNCC. The topological polar surface area (TPSA) is 18.5 Å². The summed E-state index contributed by atoms with van der Waals surface area (Å²) in [7, 11) is 0. The molecule has 0 rings (SSSR count). The van der Waals surface area contributed by atoms with E-state index in [4.69, 9.17) is 0 Å². The van der Waals surface area contributed by atoms with Crippen LogP contribution in [0.2, 0.25) is 0 Å². The lowest BCUT2D eigenvalue weighted by Crippen LogP contribution is -2.41. The molecule has 0 fully saturated rings. The second kappa shape index (κ2) is 10.4. The van der Waals surface area contributed by atoms with Crippen molar-refractivity contribution < 1.29 is 0 Å². The highest BCUT2D eigenvalue weighted by atomic mass is 15.3. The minimum absolute atomic E-state index is 1.07. The van der Waals surface area contributed by atoms with Crippen molar-refractivity contribution in [3.63, 3.8) is 0 Å². The average molecular weight is 215 g/mol. The van der Waals surface area contributed by atoms with Crippen LogP contribution in [0.1, 0.15) is 34.1 Å². The molecular weight excluding hydrogens is 186 g/mol. The molecule has 0 saturated heterocycles. The summed E-state index contributed by atoms with van der Waals surface area (Å²) in [6.45, 7) is 16.9. The Kier molecular flexibility index (Phi) is 10.3. The van der Waals surface area contributed by atoms with Gasteiger partial charge in [-0.1, -0.05) is 27.7 Å². The second-order valence-corrected chi connectivity index (χ2v) is 3.92. The molecule has 0 aliphatic heterocycles. The summed E-state index contributed by atoms with van der Waals surface area (Å²) in [5.74, 6) is 0. The zero-order valence-corrected chi connectivity index (χ0v) is 11.1. The molecule has 0 aromatic carbocycles. The maximum absolute atomic E-state index is 3.38. The van der Waals surface area contributed by atoms with Gasteiger partial charge in [0, 0.05) is 13.1 Å². The van der Waals surface area contributed by atoms with Crippen LogP contribution in [0.25, 0.3) is 0 Å². The monoisotopic (exact) mass is 215 g/mol. The first kappa shape index (κ1) is 14.9. The third-order valence-corrected chi connectivity index (χ3v) is 2.69. The molecule has 0 aliphatic carbocycles. The molecule has 0 spiro atoms. The van der Waals surface area contributed by atoms with Crippen molar-refractivity contribution in [1.29, 1.82) is 0 Å². The van der Waals surface area contributed by atoms with E-state index in [0.29, 0.717) is 0 Å². The van der Waals surface area contributed by atoms with E-state index in [2.05, 4.69) is 42.8 Å². The lowest BCUT2D eigenvalue weighted by molar-refractivity contribution is 0.142.